The Balaban J connectivity index is 2.32. The predicted molar refractivity (Wildman–Crippen MR) is 69.7 cm³/mol. The maximum atomic E-state index is 11.4. The van der Waals surface area contributed by atoms with Gasteiger partial charge in [-0.15, -0.1) is 0 Å². The summed E-state index contributed by atoms with van der Waals surface area (Å²) >= 11 is 6.11. The lowest BCUT2D eigenvalue weighted by molar-refractivity contribution is 0.100. The molecule has 0 saturated carbocycles. The molecule has 1 aromatic heterocycles. The van der Waals surface area contributed by atoms with Crippen LogP contribution >= 0.6 is 11.6 Å². The van der Waals surface area contributed by atoms with Crippen LogP contribution in [0.3, 0.4) is 0 Å². The van der Waals surface area contributed by atoms with Gasteiger partial charge >= 0.3 is 0 Å². The molecule has 1 heterocycles. The molecule has 0 aliphatic heterocycles. The highest BCUT2D eigenvalue weighted by molar-refractivity contribution is 6.31. The normalized spacial score (nSPS) is 10.1. The number of hydrogen-bond acceptors (Lipinski definition) is 2. The predicted octanol–water partition coefficient (Wildman–Crippen LogP) is 3.26. The first-order valence-corrected chi connectivity index (χ1v) is 5.84. The van der Waals surface area contributed by atoms with E-state index in [0.717, 1.165) is 5.56 Å². The molecule has 0 N–H and O–H groups in total. The minimum atomic E-state index is 0.0183. The van der Waals surface area contributed by atoms with E-state index in [1.54, 1.807) is 18.2 Å². The number of aromatic nitrogens is 1. The second kappa shape index (κ2) is 5.07. The lowest BCUT2D eigenvalue weighted by Crippen LogP contribution is -2.07. The van der Waals surface area contributed by atoms with Crippen LogP contribution in [0.2, 0.25) is 5.02 Å². The SMILES string of the molecule is CC(=O)c1cccn1Cc1ccc(C#N)cc1Cl. The van der Waals surface area contributed by atoms with Gasteiger partial charge in [-0.3, -0.25) is 4.79 Å². The molecule has 0 saturated heterocycles. The lowest BCUT2D eigenvalue weighted by atomic mass is 10.1. The standard InChI is InChI=1S/C14H11ClN2O/c1-10(18)14-3-2-6-17(14)9-12-5-4-11(8-16)7-13(12)15/h2-7H,9H2,1H3. The van der Waals surface area contributed by atoms with Gasteiger partial charge in [0.2, 0.25) is 0 Å². The first-order chi connectivity index (χ1) is 8.61. The summed E-state index contributed by atoms with van der Waals surface area (Å²) in [6, 6.07) is 10.8. The summed E-state index contributed by atoms with van der Waals surface area (Å²) in [6.07, 6.45) is 1.84. The summed E-state index contributed by atoms with van der Waals surface area (Å²) in [5.74, 6) is 0.0183. The zero-order valence-corrected chi connectivity index (χ0v) is 10.6. The van der Waals surface area contributed by atoms with Gasteiger partial charge < -0.3 is 4.57 Å². The molecule has 18 heavy (non-hydrogen) atoms. The molecule has 0 radical (unpaired) electrons. The topological polar surface area (TPSA) is 45.8 Å². The van der Waals surface area contributed by atoms with E-state index >= 15 is 0 Å². The molecule has 0 bridgehead atoms. The van der Waals surface area contributed by atoms with Crippen LogP contribution in [0.1, 0.15) is 28.5 Å². The Morgan fingerprint density at radius 1 is 1.44 bits per heavy atom. The van der Waals surface area contributed by atoms with Crippen molar-refractivity contribution >= 4 is 17.4 Å². The number of benzene rings is 1. The molecule has 0 unspecified atom stereocenters. The van der Waals surface area contributed by atoms with Crippen LogP contribution in [-0.4, -0.2) is 10.4 Å². The maximum Gasteiger partial charge on any atom is 0.176 e. The summed E-state index contributed by atoms with van der Waals surface area (Å²) < 4.78 is 1.84. The molecule has 0 fully saturated rings. The molecule has 0 spiro atoms. The number of carbonyl (C=O) groups is 1. The molecular formula is C14H11ClN2O. The number of halogens is 1. The van der Waals surface area contributed by atoms with Crippen molar-refractivity contribution in [1.82, 2.24) is 4.57 Å². The molecule has 0 aliphatic rings. The fraction of sp³-hybridized carbons (Fsp3) is 0.143. The lowest BCUT2D eigenvalue weighted by Gasteiger charge is -2.09. The third-order valence-corrected chi connectivity index (χ3v) is 3.06. The first kappa shape index (κ1) is 12.4. The van der Waals surface area contributed by atoms with Gasteiger partial charge in [0.25, 0.3) is 0 Å². The van der Waals surface area contributed by atoms with Crippen LogP contribution in [0.25, 0.3) is 0 Å². The molecule has 2 aromatic rings. The highest BCUT2D eigenvalue weighted by Gasteiger charge is 2.08. The Bertz CT molecular complexity index is 637. The summed E-state index contributed by atoms with van der Waals surface area (Å²) in [7, 11) is 0. The van der Waals surface area contributed by atoms with Crippen LogP contribution in [-0.2, 0) is 6.54 Å². The monoisotopic (exact) mass is 258 g/mol. The number of ketones is 1. The number of hydrogen-bond donors (Lipinski definition) is 0. The van der Waals surface area contributed by atoms with Crippen LogP contribution in [0.4, 0.5) is 0 Å². The van der Waals surface area contributed by atoms with Crippen molar-refractivity contribution in [2.24, 2.45) is 0 Å². The van der Waals surface area contributed by atoms with Crippen LogP contribution in [0.15, 0.2) is 36.5 Å². The average Bonchev–Trinajstić information content (AvgIpc) is 2.80. The molecule has 0 amide bonds. The van der Waals surface area contributed by atoms with Crippen molar-refractivity contribution in [2.45, 2.75) is 13.5 Å². The Morgan fingerprint density at radius 2 is 2.22 bits per heavy atom. The molecular weight excluding hydrogens is 248 g/mol. The number of rotatable bonds is 3. The van der Waals surface area contributed by atoms with Crippen molar-refractivity contribution in [3.8, 4) is 6.07 Å². The Labute approximate surface area is 110 Å². The zero-order chi connectivity index (χ0) is 13.1. The van der Waals surface area contributed by atoms with Gasteiger partial charge in [-0.25, -0.2) is 0 Å². The summed E-state index contributed by atoms with van der Waals surface area (Å²) in [5, 5.41) is 9.31. The molecule has 1 aromatic carbocycles. The smallest absolute Gasteiger partial charge is 0.176 e. The number of carbonyl (C=O) groups excluding carboxylic acids is 1. The Hall–Kier alpha value is -2.05. The van der Waals surface area contributed by atoms with Gasteiger partial charge in [0, 0.05) is 24.7 Å². The Morgan fingerprint density at radius 3 is 2.83 bits per heavy atom. The van der Waals surface area contributed by atoms with E-state index in [2.05, 4.69) is 0 Å². The van der Waals surface area contributed by atoms with Crippen molar-refractivity contribution in [3.05, 3.63) is 58.4 Å². The largest absolute Gasteiger partial charge is 0.341 e. The average molecular weight is 259 g/mol. The van der Waals surface area contributed by atoms with Gasteiger partial charge in [-0.05, 0) is 29.8 Å². The third kappa shape index (κ3) is 2.44. The maximum absolute atomic E-state index is 11.4. The Kier molecular flexibility index (Phi) is 3.50. The summed E-state index contributed by atoms with van der Waals surface area (Å²) in [5.41, 5.74) is 2.06. The van der Waals surface area contributed by atoms with Gasteiger partial charge in [-0.1, -0.05) is 17.7 Å². The van der Waals surface area contributed by atoms with E-state index in [1.807, 2.05) is 29.0 Å². The summed E-state index contributed by atoms with van der Waals surface area (Å²) in [4.78, 5) is 11.4. The van der Waals surface area contributed by atoms with Crippen molar-refractivity contribution in [3.63, 3.8) is 0 Å². The highest BCUT2D eigenvalue weighted by atomic mass is 35.5. The minimum absolute atomic E-state index is 0.0183. The molecule has 90 valence electrons. The van der Waals surface area contributed by atoms with Crippen LogP contribution < -0.4 is 0 Å². The van der Waals surface area contributed by atoms with Crippen LogP contribution in [0, 0.1) is 11.3 Å². The fourth-order valence-corrected chi connectivity index (χ4v) is 2.04. The van der Waals surface area contributed by atoms with Gasteiger partial charge in [0.05, 0.1) is 17.3 Å². The number of nitrogens with zero attached hydrogens (tertiary/aromatic N) is 2. The van der Waals surface area contributed by atoms with Gasteiger partial charge in [0.15, 0.2) is 5.78 Å². The number of Topliss-reactive ketones (excluding diaryl/α,β-unsaturated/α-hetero) is 1. The van der Waals surface area contributed by atoms with E-state index in [0.29, 0.717) is 22.8 Å². The minimum Gasteiger partial charge on any atom is -0.341 e. The van der Waals surface area contributed by atoms with Gasteiger partial charge in [0.1, 0.15) is 0 Å². The molecule has 0 atom stereocenters. The van der Waals surface area contributed by atoms with Crippen molar-refractivity contribution in [1.29, 1.82) is 5.26 Å². The highest BCUT2D eigenvalue weighted by Crippen LogP contribution is 2.19. The molecule has 2 rings (SSSR count). The molecule has 4 heteroatoms. The summed E-state index contributed by atoms with van der Waals surface area (Å²) in [6.45, 7) is 2.05. The van der Waals surface area contributed by atoms with E-state index in [9.17, 15) is 4.79 Å². The fourth-order valence-electron chi connectivity index (χ4n) is 1.80. The zero-order valence-electron chi connectivity index (χ0n) is 9.85. The van der Waals surface area contributed by atoms with E-state index in [-0.39, 0.29) is 5.78 Å². The second-order valence-corrected chi connectivity index (χ2v) is 4.40. The first-order valence-electron chi connectivity index (χ1n) is 5.46. The van der Waals surface area contributed by atoms with Crippen LogP contribution in [0.5, 0.6) is 0 Å². The quantitative estimate of drug-likeness (QED) is 0.793. The van der Waals surface area contributed by atoms with E-state index in [1.165, 1.54) is 6.92 Å². The van der Waals surface area contributed by atoms with E-state index in [4.69, 9.17) is 16.9 Å². The second-order valence-electron chi connectivity index (χ2n) is 4.00. The molecule has 3 nitrogen and oxygen atoms in total. The van der Waals surface area contributed by atoms with Gasteiger partial charge in [-0.2, -0.15) is 5.26 Å². The third-order valence-electron chi connectivity index (χ3n) is 2.71. The number of nitriles is 1. The van der Waals surface area contributed by atoms with Crippen molar-refractivity contribution in [2.75, 3.05) is 0 Å². The van der Waals surface area contributed by atoms with E-state index < -0.39 is 0 Å². The van der Waals surface area contributed by atoms with Crippen molar-refractivity contribution < 1.29 is 4.79 Å². The molecule has 0 aliphatic carbocycles.